The average molecular weight is 234 g/mol. The third-order valence-corrected chi connectivity index (χ3v) is 3.26. The van der Waals surface area contributed by atoms with E-state index < -0.39 is 0 Å². The molecule has 2 heterocycles. The van der Waals surface area contributed by atoms with Crippen LogP contribution in [0.3, 0.4) is 0 Å². The lowest BCUT2D eigenvalue weighted by Gasteiger charge is -2.03. The van der Waals surface area contributed by atoms with Gasteiger partial charge in [-0.1, -0.05) is 0 Å². The van der Waals surface area contributed by atoms with Crippen LogP contribution in [0.15, 0.2) is 30.5 Å². The zero-order valence-corrected chi connectivity index (χ0v) is 10.2. The van der Waals surface area contributed by atoms with Gasteiger partial charge in [0.2, 0.25) is 0 Å². The molecule has 3 nitrogen and oxygen atoms in total. The first-order chi connectivity index (χ1) is 7.78. The second-order valence-electron chi connectivity index (χ2n) is 3.47. The molecule has 0 aliphatic carbocycles. The zero-order chi connectivity index (χ0) is 11.4. The average Bonchev–Trinajstić information content (AvgIpc) is 2.76. The highest BCUT2D eigenvalue weighted by Crippen LogP contribution is 2.24. The fourth-order valence-electron chi connectivity index (χ4n) is 1.32. The Morgan fingerprint density at radius 3 is 2.81 bits per heavy atom. The molecule has 0 aliphatic heterocycles. The summed E-state index contributed by atoms with van der Waals surface area (Å²) in [6.45, 7) is 2.78. The van der Waals surface area contributed by atoms with Gasteiger partial charge in [-0.2, -0.15) is 0 Å². The maximum atomic E-state index is 5.14. The van der Waals surface area contributed by atoms with Crippen molar-refractivity contribution in [2.45, 2.75) is 13.5 Å². The molecule has 16 heavy (non-hydrogen) atoms. The van der Waals surface area contributed by atoms with Crippen molar-refractivity contribution in [1.82, 2.24) is 4.98 Å². The first-order valence-corrected chi connectivity index (χ1v) is 5.89. The minimum absolute atomic E-state index is 0.804. The summed E-state index contributed by atoms with van der Waals surface area (Å²) in [5.74, 6) is 0. The summed E-state index contributed by atoms with van der Waals surface area (Å²) in [7, 11) is 1.69. The standard InChI is InChI=1S/C12H14N2OS/c1-9-3-4-10(7-13-9)14-8-11-5-6-12(15-2)16-11/h3-7,14H,8H2,1-2H3. The number of nitrogens with one attached hydrogen (secondary N) is 1. The van der Waals surface area contributed by atoms with Crippen LogP contribution >= 0.6 is 11.3 Å². The van der Waals surface area contributed by atoms with E-state index in [1.54, 1.807) is 18.4 Å². The molecule has 2 aromatic rings. The minimum atomic E-state index is 0.804. The van der Waals surface area contributed by atoms with Gasteiger partial charge < -0.3 is 10.1 Å². The summed E-state index contributed by atoms with van der Waals surface area (Å²) < 4.78 is 5.14. The Morgan fingerprint density at radius 2 is 2.19 bits per heavy atom. The van der Waals surface area contributed by atoms with Crippen molar-refractivity contribution >= 4 is 17.0 Å². The fourth-order valence-corrected chi connectivity index (χ4v) is 2.08. The molecule has 2 rings (SSSR count). The number of ether oxygens (including phenoxy) is 1. The Hall–Kier alpha value is -1.55. The van der Waals surface area contributed by atoms with Gasteiger partial charge >= 0.3 is 0 Å². The van der Waals surface area contributed by atoms with Crippen LogP contribution in [-0.2, 0) is 6.54 Å². The number of rotatable bonds is 4. The SMILES string of the molecule is COc1ccc(CNc2ccc(C)nc2)s1. The number of nitrogens with zero attached hydrogens (tertiary/aromatic N) is 1. The molecule has 4 heteroatoms. The van der Waals surface area contributed by atoms with Gasteiger partial charge in [-0.15, -0.1) is 11.3 Å². The first-order valence-electron chi connectivity index (χ1n) is 5.07. The topological polar surface area (TPSA) is 34.1 Å². The highest BCUT2D eigenvalue weighted by atomic mass is 32.1. The van der Waals surface area contributed by atoms with Crippen molar-refractivity contribution in [2.75, 3.05) is 12.4 Å². The number of hydrogen-bond donors (Lipinski definition) is 1. The van der Waals surface area contributed by atoms with E-state index in [0.29, 0.717) is 0 Å². The van der Waals surface area contributed by atoms with Crippen LogP contribution in [0, 0.1) is 6.92 Å². The summed E-state index contributed by atoms with van der Waals surface area (Å²) in [6, 6.07) is 8.08. The van der Waals surface area contributed by atoms with Crippen molar-refractivity contribution < 1.29 is 4.74 Å². The van der Waals surface area contributed by atoms with Crippen LogP contribution in [-0.4, -0.2) is 12.1 Å². The lowest BCUT2D eigenvalue weighted by molar-refractivity contribution is 0.427. The molecule has 0 spiro atoms. The van der Waals surface area contributed by atoms with E-state index in [9.17, 15) is 0 Å². The Labute approximate surface area is 99.1 Å². The molecule has 0 atom stereocenters. The smallest absolute Gasteiger partial charge is 0.173 e. The molecular formula is C12H14N2OS. The second kappa shape index (κ2) is 4.99. The van der Waals surface area contributed by atoms with Crippen LogP contribution in [0.5, 0.6) is 5.06 Å². The van der Waals surface area contributed by atoms with E-state index in [1.807, 2.05) is 31.3 Å². The van der Waals surface area contributed by atoms with E-state index in [-0.39, 0.29) is 0 Å². The molecule has 0 aromatic carbocycles. The predicted octanol–water partition coefficient (Wildman–Crippen LogP) is 3.07. The Morgan fingerprint density at radius 1 is 1.31 bits per heavy atom. The number of aryl methyl sites for hydroxylation is 1. The molecule has 0 saturated carbocycles. The number of thiophene rings is 1. The molecule has 0 aliphatic rings. The van der Waals surface area contributed by atoms with Crippen LogP contribution in [0.2, 0.25) is 0 Å². The van der Waals surface area contributed by atoms with Crippen LogP contribution in [0.1, 0.15) is 10.6 Å². The van der Waals surface area contributed by atoms with E-state index in [0.717, 1.165) is 23.0 Å². The Balaban J connectivity index is 1.94. The van der Waals surface area contributed by atoms with Gasteiger partial charge in [-0.3, -0.25) is 4.98 Å². The minimum Gasteiger partial charge on any atom is -0.487 e. The van der Waals surface area contributed by atoms with Crippen LogP contribution < -0.4 is 10.1 Å². The molecule has 2 aromatic heterocycles. The molecule has 0 unspecified atom stereocenters. The monoisotopic (exact) mass is 234 g/mol. The Bertz CT molecular complexity index is 450. The van der Waals surface area contributed by atoms with Crippen LogP contribution in [0.25, 0.3) is 0 Å². The predicted molar refractivity (Wildman–Crippen MR) is 67.2 cm³/mol. The second-order valence-corrected chi connectivity index (χ2v) is 4.60. The van der Waals surface area contributed by atoms with Gasteiger partial charge in [0.05, 0.1) is 19.0 Å². The maximum Gasteiger partial charge on any atom is 0.173 e. The molecule has 0 amide bonds. The normalized spacial score (nSPS) is 10.1. The lowest BCUT2D eigenvalue weighted by atomic mass is 10.3. The summed E-state index contributed by atoms with van der Waals surface area (Å²) in [5, 5.41) is 4.26. The highest BCUT2D eigenvalue weighted by Gasteiger charge is 1.99. The lowest BCUT2D eigenvalue weighted by Crippen LogP contribution is -1.97. The van der Waals surface area contributed by atoms with E-state index >= 15 is 0 Å². The maximum absolute atomic E-state index is 5.14. The van der Waals surface area contributed by atoms with Gasteiger partial charge in [0, 0.05) is 17.1 Å². The third-order valence-electron chi connectivity index (χ3n) is 2.22. The highest BCUT2D eigenvalue weighted by molar-refractivity contribution is 7.13. The Kier molecular flexibility index (Phi) is 3.41. The third kappa shape index (κ3) is 2.73. The molecular weight excluding hydrogens is 220 g/mol. The van der Waals surface area contributed by atoms with Crippen molar-refractivity contribution in [1.29, 1.82) is 0 Å². The number of anilines is 1. The summed E-state index contributed by atoms with van der Waals surface area (Å²) in [4.78, 5) is 5.48. The van der Waals surface area contributed by atoms with Gasteiger partial charge in [-0.25, -0.2) is 0 Å². The number of methoxy groups -OCH3 is 1. The van der Waals surface area contributed by atoms with Crippen LogP contribution in [0.4, 0.5) is 5.69 Å². The molecule has 0 bridgehead atoms. The van der Waals surface area contributed by atoms with Gasteiger partial charge in [0.1, 0.15) is 0 Å². The van der Waals surface area contributed by atoms with Crippen molar-refractivity contribution in [3.05, 3.63) is 41.0 Å². The number of aromatic nitrogens is 1. The van der Waals surface area contributed by atoms with Gasteiger partial charge in [-0.05, 0) is 31.2 Å². The number of hydrogen-bond acceptors (Lipinski definition) is 4. The quantitative estimate of drug-likeness (QED) is 0.882. The molecule has 84 valence electrons. The molecule has 0 radical (unpaired) electrons. The van der Waals surface area contributed by atoms with E-state index in [2.05, 4.69) is 16.4 Å². The summed E-state index contributed by atoms with van der Waals surface area (Å²) >= 11 is 1.65. The van der Waals surface area contributed by atoms with Crippen molar-refractivity contribution in [3.8, 4) is 5.06 Å². The first kappa shape index (κ1) is 11.0. The zero-order valence-electron chi connectivity index (χ0n) is 9.36. The van der Waals surface area contributed by atoms with E-state index in [4.69, 9.17) is 4.74 Å². The summed E-state index contributed by atoms with van der Waals surface area (Å²) in [5.41, 5.74) is 2.07. The van der Waals surface area contributed by atoms with E-state index in [1.165, 1.54) is 4.88 Å². The molecule has 1 N–H and O–H groups in total. The van der Waals surface area contributed by atoms with Gasteiger partial charge in [0.15, 0.2) is 5.06 Å². The largest absolute Gasteiger partial charge is 0.487 e. The fraction of sp³-hybridized carbons (Fsp3) is 0.250. The molecule has 0 saturated heterocycles. The molecule has 0 fully saturated rings. The summed E-state index contributed by atoms with van der Waals surface area (Å²) in [6.07, 6.45) is 1.85. The van der Waals surface area contributed by atoms with Crippen molar-refractivity contribution in [3.63, 3.8) is 0 Å². The van der Waals surface area contributed by atoms with Gasteiger partial charge in [0.25, 0.3) is 0 Å². The van der Waals surface area contributed by atoms with Crippen molar-refractivity contribution in [2.24, 2.45) is 0 Å². The number of pyridine rings is 1.